The van der Waals surface area contributed by atoms with Gasteiger partial charge < -0.3 is 9.64 Å². The lowest BCUT2D eigenvalue weighted by atomic mass is 9.88. The van der Waals surface area contributed by atoms with E-state index in [0.717, 1.165) is 55.3 Å². The number of anilines is 1. The molecule has 1 aromatic heterocycles. The summed E-state index contributed by atoms with van der Waals surface area (Å²) >= 11 is 0. The highest BCUT2D eigenvalue weighted by Crippen LogP contribution is 2.34. The van der Waals surface area contributed by atoms with Gasteiger partial charge in [-0.15, -0.1) is 0 Å². The molecule has 0 radical (unpaired) electrons. The average Bonchev–Trinajstić information content (AvgIpc) is 2.80. The first-order valence-corrected chi connectivity index (χ1v) is 12.5. The number of amides is 2. The molecule has 0 aromatic carbocycles. The first kappa shape index (κ1) is 23.1. The molecule has 2 fully saturated rings. The first-order valence-electron chi connectivity index (χ1n) is 12.5. The zero-order chi connectivity index (χ0) is 22.7. The van der Waals surface area contributed by atoms with Crippen LogP contribution in [-0.4, -0.2) is 59.0 Å². The summed E-state index contributed by atoms with van der Waals surface area (Å²) in [5.74, 6) is 2.52. The molecule has 1 atom stereocenters. The molecule has 0 bridgehead atoms. The number of ether oxygens (including phenoxy) is 1. The lowest BCUT2D eigenvalue weighted by Crippen LogP contribution is -2.43. The van der Waals surface area contributed by atoms with Crippen molar-refractivity contribution < 1.29 is 14.3 Å². The number of piperidine rings is 1. The van der Waals surface area contributed by atoms with E-state index in [1.165, 1.54) is 32.1 Å². The van der Waals surface area contributed by atoms with Crippen molar-refractivity contribution in [3.05, 3.63) is 17.1 Å². The van der Waals surface area contributed by atoms with Crippen molar-refractivity contribution >= 4 is 17.6 Å². The van der Waals surface area contributed by atoms with E-state index in [4.69, 9.17) is 14.7 Å². The quantitative estimate of drug-likeness (QED) is 0.670. The topological polar surface area (TPSA) is 75.6 Å². The highest BCUT2D eigenvalue weighted by molar-refractivity contribution is 5.95. The van der Waals surface area contributed by atoms with Crippen LogP contribution in [0.4, 0.5) is 5.82 Å². The van der Waals surface area contributed by atoms with E-state index in [1.807, 2.05) is 30.6 Å². The normalized spacial score (nSPS) is 22.4. The van der Waals surface area contributed by atoms with Crippen LogP contribution in [0.5, 0.6) is 0 Å². The maximum Gasteiger partial charge on any atom is 0.248 e. The number of aromatic nitrogens is 2. The summed E-state index contributed by atoms with van der Waals surface area (Å²) in [6, 6.07) is 0. The van der Waals surface area contributed by atoms with Crippen LogP contribution in [0.25, 0.3) is 0 Å². The summed E-state index contributed by atoms with van der Waals surface area (Å²) in [6.45, 7) is 8.21. The molecule has 1 saturated heterocycles. The molecule has 1 saturated carbocycles. The van der Waals surface area contributed by atoms with Gasteiger partial charge in [-0.2, -0.15) is 0 Å². The average molecular weight is 443 g/mol. The highest BCUT2D eigenvalue weighted by Gasteiger charge is 2.33. The Hall–Kier alpha value is -2.02. The number of hydrogen-bond donors (Lipinski definition) is 0. The molecule has 3 heterocycles. The molecule has 1 aromatic rings. The Labute approximate surface area is 191 Å². The Morgan fingerprint density at radius 2 is 1.88 bits per heavy atom. The van der Waals surface area contributed by atoms with Crippen LogP contribution in [-0.2, 0) is 20.7 Å². The van der Waals surface area contributed by atoms with Crippen LogP contribution in [0, 0.1) is 12.8 Å². The molecule has 7 heteroatoms. The van der Waals surface area contributed by atoms with Crippen LogP contribution >= 0.6 is 0 Å². The molecule has 7 nitrogen and oxygen atoms in total. The summed E-state index contributed by atoms with van der Waals surface area (Å²) in [5, 5.41) is 0. The van der Waals surface area contributed by atoms with Crippen molar-refractivity contribution in [2.75, 3.05) is 31.1 Å². The number of aryl methyl sites for hydroxylation is 1. The van der Waals surface area contributed by atoms with Crippen molar-refractivity contribution in [3.63, 3.8) is 0 Å². The van der Waals surface area contributed by atoms with Crippen LogP contribution in [0.3, 0.4) is 0 Å². The zero-order valence-corrected chi connectivity index (χ0v) is 19.9. The number of likely N-dealkylation sites (tertiary alicyclic amines) is 1. The minimum atomic E-state index is 0.0344. The minimum absolute atomic E-state index is 0.0344. The number of rotatable bonds is 6. The Morgan fingerprint density at radius 3 is 2.62 bits per heavy atom. The third-order valence-electron chi connectivity index (χ3n) is 7.20. The number of carbonyl (C=O) groups excluding carboxylic acids is 2. The van der Waals surface area contributed by atoms with Crippen molar-refractivity contribution in [2.24, 2.45) is 5.92 Å². The van der Waals surface area contributed by atoms with E-state index in [9.17, 15) is 9.59 Å². The second kappa shape index (κ2) is 10.3. The van der Waals surface area contributed by atoms with Crippen molar-refractivity contribution in [1.29, 1.82) is 0 Å². The summed E-state index contributed by atoms with van der Waals surface area (Å²) in [5.41, 5.74) is 2.11. The Balaban J connectivity index is 1.53. The molecular formula is C25H38N4O3. The van der Waals surface area contributed by atoms with Gasteiger partial charge in [-0.3, -0.25) is 14.5 Å². The SMILES string of the molecule is Cc1nc(C2CCCN(C(=O)COC(C)C)C2)nc2c1CCC(=O)N2CC1CCCCC1. The second-order valence-corrected chi connectivity index (χ2v) is 10.0. The lowest BCUT2D eigenvalue weighted by Gasteiger charge is -2.35. The van der Waals surface area contributed by atoms with E-state index in [0.29, 0.717) is 18.9 Å². The fourth-order valence-electron chi connectivity index (χ4n) is 5.35. The van der Waals surface area contributed by atoms with Gasteiger partial charge in [-0.1, -0.05) is 19.3 Å². The third kappa shape index (κ3) is 5.30. The van der Waals surface area contributed by atoms with Crippen LogP contribution in [0.15, 0.2) is 0 Å². The lowest BCUT2D eigenvalue weighted by molar-refractivity contribution is -0.138. The number of hydrogen-bond acceptors (Lipinski definition) is 5. The van der Waals surface area contributed by atoms with Gasteiger partial charge in [0.05, 0.1) is 6.10 Å². The molecular weight excluding hydrogens is 404 g/mol. The van der Waals surface area contributed by atoms with E-state index < -0.39 is 0 Å². The van der Waals surface area contributed by atoms with Gasteiger partial charge in [0.15, 0.2) is 0 Å². The molecule has 1 unspecified atom stereocenters. The van der Waals surface area contributed by atoms with Gasteiger partial charge in [-0.05, 0) is 58.8 Å². The van der Waals surface area contributed by atoms with Crippen LogP contribution in [0.2, 0.25) is 0 Å². The number of nitrogens with zero attached hydrogens (tertiary/aromatic N) is 4. The molecule has 2 amide bonds. The number of fused-ring (bicyclic) bond motifs is 1. The zero-order valence-electron chi connectivity index (χ0n) is 19.9. The molecule has 0 N–H and O–H groups in total. The summed E-state index contributed by atoms with van der Waals surface area (Å²) in [4.78, 5) is 39.2. The predicted octanol–water partition coefficient (Wildman–Crippen LogP) is 3.78. The van der Waals surface area contributed by atoms with E-state index in [-0.39, 0.29) is 30.4 Å². The fourth-order valence-corrected chi connectivity index (χ4v) is 5.35. The van der Waals surface area contributed by atoms with Crippen LogP contribution in [0.1, 0.15) is 88.2 Å². The summed E-state index contributed by atoms with van der Waals surface area (Å²) in [6.07, 6.45) is 9.45. The molecule has 176 valence electrons. The predicted molar refractivity (Wildman–Crippen MR) is 124 cm³/mol. The molecule has 32 heavy (non-hydrogen) atoms. The van der Waals surface area contributed by atoms with E-state index >= 15 is 0 Å². The highest BCUT2D eigenvalue weighted by atomic mass is 16.5. The fraction of sp³-hybridized carbons (Fsp3) is 0.760. The monoisotopic (exact) mass is 442 g/mol. The molecule has 4 rings (SSSR count). The van der Waals surface area contributed by atoms with Crippen molar-refractivity contribution in [3.8, 4) is 0 Å². The molecule has 3 aliphatic rings. The van der Waals surface area contributed by atoms with Gasteiger partial charge in [0.2, 0.25) is 11.8 Å². The molecule has 0 spiro atoms. The van der Waals surface area contributed by atoms with E-state index in [2.05, 4.69) is 0 Å². The maximum atomic E-state index is 12.9. The Kier molecular flexibility index (Phi) is 7.44. The van der Waals surface area contributed by atoms with E-state index in [1.54, 1.807) is 0 Å². The summed E-state index contributed by atoms with van der Waals surface area (Å²) < 4.78 is 5.52. The Bertz CT molecular complexity index is 835. The smallest absolute Gasteiger partial charge is 0.248 e. The summed E-state index contributed by atoms with van der Waals surface area (Å²) in [7, 11) is 0. The van der Waals surface area contributed by atoms with Crippen molar-refractivity contribution in [1.82, 2.24) is 14.9 Å². The van der Waals surface area contributed by atoms with Gasteiger partial charge in [0, 0.05) is 43.2 Å². The minimum Gasteiger partial charge on any atom is -0.369 e. The third-order valence-corrected chi connectivity index (χ3v) is 7.20. The van der Waals surface area contributed by atoms with Crippen LogP contribution < -0.4 is 4.90 Å². The standard InChI is InChI=1S/C25H38N4O3/c1-17(2)32-16-23(31)28-13-7-10-20(15-28)24-26-18(3)21-11-12-22(30)29(25(21)27-24)14-19-8-5-4-6-9-19/h17,19-20H,4-16H2,1-3H3. The number of carbonyl (C=O) groups is 2. The van der Waals surface area contributed by atoms with Gasteiger partial charge >= 0.3 is 0 Å². The van der Waals surface area contributed by atoms with Gasteiger partial charge in [0.1, 0.15) is 18.2 Å². The van der Waals surface area contributed by atoms with Gasteiger partial charge in [-0.25, -0.2) is 9.97 Å². The molecule has 1 aliphatic carbocycles. The first-order chi connectivity index (χ1) is 15.4. The largest absolute Gasteiger partial charge is 0.369 e. The molecule has 2 aliphatic heterocycles. The second-order valence-electron chi connectivity index (χ2n) is 10.0. The Morgan fingerprint density at radius 1 is 1.09 bits per heavy atom. The van der Waals surface area contributed by atoms with Gasteiger partial charge in [0.25, 0.3) is 0 Å². The maximum absolute atomic E-state index is 12.9. The van der Waals surface area contributed by atoms with Crippen molar-refractivity contribution in [2.45, 2.75) is 90.6 Å².